The first-order chi connectivity index (χ1) is 21.1. The maximum Gasteiger partial charge on any atom is 0.488 e. The van der Waals surface area contributed by atoms with Crippen molar-refractivity contribution >= 4 is 34.1 Å². The first-order valence-corrected chi connectivity index (χ1v) is 14.5. The second kappa shape index (κ2) is 11.6. The second-order valence-electron chi connectivity index (χ2n) is 11.1. The van der Waals surface area contributed by atoms with Crippen molar-refractivity contribution in [1.82, 2.24) is 0 Å². The molecule has 0 aliphatic heterocycles. The molecule has 43 heavy (non-hydrogen) atoms. The minimum Gasteiger partial charge on any atom is -0.423 e. The van der Waals surface area contributed by atoms with E-state index in [1.165, 1.54) is 27.1 Å². The minimum absolute atomic E-state index is 0.493. The molecule has 2 aromatic heterocycles. The standard InChI is InChI=1S/C38H31BN2O2/c42-39(43)38-21-28(25-40-18-15-32(16-19-40)35-13-11-30-6-1-3-8-33(30)23-35)20-29(22-38)26-41-17-5-10-37(27-41)36-14-12-31-7-2-4-9-34(31)24-36/h1-24,27,42-43H,25-26H2/q+2. The third-order valence-corrected chi connectivity index (χ3v) is 8.02. The van der Waals surface area contributed by atoms with Crippen LogP contribution in [-0.4, -0.2) is 17.2 Å². The molecule has 0 bridgehead atoms. The van der Waals surface area contributed by atoms with E-state index in [0.717, 1.165) is 27.8 Å². The van der Waals surface area contributed by atoms with Crippen molar-refractivity contribution in [2.75, 3.05) is 0 Å². The Bertz CT molecular complexity index is 2070. The minimum atomic E-state index is -1.53. The van der Waals surface area contributed by atoms with Gasteiger partial charge in [-0.1, -0.05) is 84.9 Å². The van der Waals surface area contributed by atoms with Gasteiger partial charge in [0.2, 0.25) is 0 Å². The summed E-state index contributed by atoms with van der Waals surface area (Å²) >= 11 is 0. The summed E-state index contributed by atoms with van der Waals surface area (Å²) in [5.74, 6) is 0. The van der Waals surface area contributed by atoms with Crippen LogP contribution >= 0.6 is 0 Å². The van der Waals surface area contributed by atoms with Crippen LogP contribution < -0.4 is 14.6 Å². The van der Waals surface area contributed by atoms with Crippen LogP contribution in [0.3, 0.4) is 0 Å². The quantitative estimate of drug-likeness (QED) is 0.196. The molecule has 5 heteroatoms. The van der Waals surface area contributed by atoms with Gasteiger partial charge in [-0.05, 0) is 68.0 Å². The Kier molecular flexibility index (Phi) is 7.26. The Morgan fingerprint density at radius 3 is 1.60 bits per heavy atom. The molecule has 2 N–H and O–H groups in total. The summed E-state index contributed by atoms with van der Waals surface area (Å²) in [6.07, 6.45) is 8.35. The van der Waals surface area contributed by atoms with Crippen LogP contribution in [0.1, 0.15) is 11.1 Å². The SMILES string of the molecule is OB(O)c1cc(C[n+]2ccc(-c3ccc4ccccc4c3)cc2)cc(C[n+]2cccc(-c3ccc4ccccc4c3)c2)c1. The van der Waals surface area contributed by atoms with E-state index in [2.05, 4.69) is 143 Å². The number of benzene rings is 5. The highest BCUT2D eigenvalue weighted by Gasteiger charge is 2.17. The zero-order valence-corrected chi connectivity index (χ0v) is 23.7. The van der Waals surface area contributed by atoms with Crippen molar-refractivity contribution in [3.63, 3.8) is 0 Å². The lowest BCUT2D eigenvalue weighted by molar-refractivity contribution is -0.689. The maximum absolute atomic E-state index is 10.1. The molecule has 0 saturated carbocycles. The first kappa shape index (κ1) is 26.8. The molecule has 0 unspecified atom stereocenters. The van der Waals surface area contributed by atoms with E-state index in [4.69, 9.17) is 0 Å². The van der Waals surface area contributed by atoms with Gasteiger partial charge in [-0.3, -0.25) is 0 Å². The van der Waals surface area contributed by atoms with Crippen LogP contribution in [-0.2, 0) is 13.1 Å². The van der Waals surface area contributed by atoms with E-state index in [-0.39, 0.29) is 0 Å². The van der Waals surface area contributed by atoms with E-state index >= 15 is 0 Å². The number of rotatable bonds is 7. The van der Waals surface area contributed by atoms with Gasteiger partial charge >= 0.3 is 7.12 Å². The van der Waals surface area contributed by atoms with E-state index in [0.29, 0.717) is 18.6 Å². The second-order valence-corrected chi connectivity index (χ2v) is 11.1. The lowest BCUT2D eigenvalue weighted by atomic mass is 9.78. The molecule has 0 saturated heterocycles. The number of nitrogens with zero attached hydrogens (tertiary/aromatic N) is 2. The predicted molar refractivity (Wildman–Crippen MR) is 174 cm³/mol. The molecule has 4 nitrogen and oxygen atoms in total. The molecule has 0 spiro atoms. The van der Waals surface area contributed by atoms with Crippen molar-refractivity contribution in [1.29, 1.82) is 0 Å². The third kappa shape index (κ3) is 5.95. The Morgan fingerprint density at radius 2 is 1.00 bits per heavy atom. The van der Waals surface area contributed by atoms with Crippen LogP contribution in [0.2, 0.25) is 0 Å². The van der Waals surface area contributed by atoms with Crippen LogP contribution in [0.25, 0.3) is 43.8 Å². The fraction of sp³-hybridized carbons (Fsp3) is 0.0526. The van der Waals surface area contributed by atoms with Crippen LogP contribution in [0, 0.1) is 0 Å². The molecule has 0 fully saturated rings. The zero-order valence-electron chi connectivity index (χ0n) is 23.7. The highest BCUT2D eigenvalue weighted by Crippen LogP contribution is 2.25. The van der Waals surface area contributed by atoms with E-state index in [9.17, 15) is 10.0 Å². The summed E-state index contributed by atoms with van der Waals surface area (Å²) in [7, 11) is -1.53. The Morgan fingerprint density at radius 1 is 0.442 bits per heavy atom. The smallest absolute Gasteiger partial charge is 0.423 e. The fourth-order valence-electron chi connectivity index (χ4n) is 5.83. The van der Waals surface area contributed by atoms with Gasteiger partial charge < -0.3 is 10.0 Å². The Hall–Kier alpha value is -5.10. The van der Waals surface area contributed by atoms with Crippen molar-refractivity contribution < 1.29 is 19.2 Å². The Balaban J connectivity index is 1.13. The van der Waals surface area contributed by atoms with E-state index in [1.54, 1.807) is 0 Å². The van der Waals surface area contributed by atoms with Crippen molar-refractivity contribution in [3.05, 3.63) is 163 Å². The van der Waals surface area contributed by atoms with Gasteiger partial charge in [0, 0.05) is 34.9 Å². The molecule has 2 heterocycles. The monoisotopic (exact) mass is 558 g/mol. The molecule has 7 aromatic rings. The average Bonchev–Trinajstić information content (AvgIpc) is 3.04. The van der Waals surface area contributed by atoms with Gasteiger partial charge in [0.25, 0.3) is 0 Å². The summed E-state index contributed by atoms with van der Waals surface area (Å²) in [4.78, 5) is 0. The topological polar surface area (TPSA) is 48.2 Å². The first-order valence-electron chi connectivity index (χ1n) is 14.5. The largest absolute Gasteiger partial charge is 0.488 e. The van der Waals surface area contributed by atoms with E-state index in [1.807, 2.05) is 18.3 Å². The molecule has 206 valence electrons. The third-order valence-electron chi connectivity index (χ3n) is 8.02. The normalized spacial score (nSPS) is 11.2. The van der Waals surface area contributed by atoms with Crippen LogP contribution in [0.5, 0.6) is 0 Å². The van der Waals surface area contributed by atoms with Crippen molar-refractivity contribution in [3.8, 4) is 22.3 Å². The van der Waals surface area contributed by atoms with Gasteiger partial charge in [-0.25, -0.2) is 9.13 Å². The maximum atomic E-state index is 10.1. The molecule has 7 rings (SSSR count). The molecule has 0 aliphatic carbocycles. The average molecular weight is 558 g/mol. The summed E-state index contributed by atoms with van der Waals surface area (Å²) < 4.78 is 4.26. The molecule has 5 aromatic carbocycles. The highest BCUT2D eigenvalue weighted by molar-refractivity contribution is 6.58. The van der Waals surface area contributed by atoms with Gasteiger partial charge in [0.05, 0.1) is 0 Å². The number of hydrogen-bond acceptors (Lipinski definition) is 2. The molecular formula is C38H31BN2O2+2. The Labute approximate surface area is 251 Å². The summed E-state index contributed by atoms with van der Waals surface area (Å²) in [6, 6.07) is 44.2. The summed E-state index contributed by atoms with van der Waals surface area (Å²) in [6.45, 7) is 1.23. The fourth-order valence-corrected chi connectivity index (χ4v) is 5.83. The predicted octanol–water partition coefficient (Wildman–Crippen LogP) is 5.68. The van der Waals surface area contributed by atoms with Gasteiger partial charge in [0.15, 0.2) is 37.9 Å². The summed E-state index contributed by atoms with van der Waals surface area (Å²) in [5, 5.41) is 25.0. The van der Waals surface area contributed by atoms with Crippen LogP contribution in [0.4, 0.5) is 0 Å². The number of pyridine rings is 2. The summed E-state index contributed by atoms with van der Waals surface area (Å²) in [5.41, 5.74) is 7.15. The van der Waals surface area contributed by atoms with Crippen molar-refractivity contribution in [2.45, 2.75) is 13.1 Å². The molecular weight excluding hydrogens is 527 g/mol. The van der Waals surface area contributed by atoms with Gasteiger partial charge in [0.1, 0.15) is 0 Å². The molecule has 0 radical (unpaired) electrons. The molecule has 0 amide bonds. The van der Waals surface area contributed by atoms with Gasteiger partial charge in [-0.2, -0.15) is 0 Å². The van der Waals surface area contributed by atoms with Crippen molar-refractivity contribution in [2.24, 2.45) is 0 Å². The highest BCUT2D eigenvalue weighted by atomic mass is 16.4. The zero-order chi connectivity index (χ0) is 29.2. The molecule has 0 aliphatic rings. The number of aromatic nitrogens is 2. The molecule has 0 atom stereocenters. The number of fused-ring (bicyclic) bond motifs is 2. The van der Waals surface area contributed by atoms with Crippen LogP contribution in [0.15, 0.2) is 152 Å². The lowest BCUT2D eigenvalue weighted by Crippen LogP contribution is -2.37. The lowest BCUT2D eigenvalue weighted by Gasteiger charge is -2.08. The number of hydrogen-bond donors (Lipinski definition) is 2. The van der Waals surface area contributed by atoms with E-state index < -0.39 is 7.12 Å². The van der Waals surface area contributed by atoms with Gasteiger partial charge in [-0.15, -0.1) is 0 Å².